The molecule has 1 amide bonds. The number of carbonyl (C=O) groups excluding carboxylic acids is 1. The summed E-state index contributed by atoms with van der Waals surface area (Å²) < 4.78 is 5.19. The molecule has 0 saturated heterocycles. The van der Waals surface area contributed by atoms with Crippen LogP contribution in [0.2, 0.25) is 5.02 Å². The zero-order chi connectivity index (χ0) is 22.5. The van der Waals surface area contributed by atoms with E-state index in [1.165, 1.54) is 17.6 Å². The number of hydrogen-bond acceptors (Lipinski definition) is 7. The Morgan fingerprint density at radius 2 is 1.88 bits per heavy atom. The molecule has 2 N–H and O–H groups in total. The Bertz CT molecular complexity index is 1220. The standard InChI is InChI=1S/C23H20ClN5O2S/c1-29(2)18-11-5-15(6-12-18)14-25-28-23-26-20(16-7-9-17(24)10-8-16)22(32-23)27-21(30)19-4-3-13-31-19/h3-14H,1-2H3,(H,26,28)(H,27,30). The molecule has 0 bridgehead atoms. The van der Waals surface area contributed by atoms with Gasteiger partial charge in [-0.2, -0.15) is 5.10 Å². The molecule has 0 radical (unpaired) electrons. The van der Waals surface area contributed by atoms with Crippen LogP contribution in [0, 0.1) is 0 Å². The Balaban J connectivity index is 1.55. The second-order valence-electron chi connectivity index (χ2n) is 6.99. The molecular formula is C23H20ClN5O2S. The van der Waals surface area contributed by atoms with Gasteiger partial charge in [0.15, 0.2) is 5.76 Å². The van der Waals surface area contributed by atoms with Gasteiger partial charge in [0.1, 0.15) is 10.7 Å². The molecule has 0 aliphatic rings. The summed E-state index contributed by atoms with van der Waals surface area (Å²) in [6.07, 6.45) is 3.17. The molecule has 4 aromatic rings. The van der Waals surface area contributed by atoms with Crippen molar-refractivity contribution in [2.45, 2.75) is 0 Å². The average molecular weight is 466 g/mol. The number of benzene rings is 2. The molecule has 9 heteroatoms. The number of halogens is 1. The molecule has 0 aliphatic carbocycles. The molecule has 0 aliphatic heterocycles. The summed E-state index contributed by atoms with van der Waals surface area (Å²) in [7, 11) is 3.99. The van der Waals surface area contributed by atoms with Gasteiger partial charge in [-0.25, -0.2) is 4.98 Å². The zero-order valence-electron chi connectivity index (χ0n) is 17.4. The highest BCUT2D eigenvalue weighted by molar-refractivity contribution is 7.20. The lowest BCUT2D eigenvalue weighted by molar-refractivity contribution is 0.0997. The third kappa shape index (κ3) is 5.16. The number of nitrogens with one attached hydrogen (secondary N) is 2. The maximum Gasteiger partial charge on any atom is 0.292 e. The van der Waals surface area contributed by atoms with E-state index in [1.807, 2.05) is 55.4 Å². The molecule has 162 valence electrons. The predicted molar refractivity (Wildman–Crippen MR) is 131 cm³/mol. The van der Waals surface area contributed by atoms with Crippen molar-refractivity contribution in [2.75, 3.05) is 29.7 Å². The van der Waals surface area contributed by atoms with E-state index in [2.05, 4.69) is 20.8 Å². The molecule has 0 atom stereocenters. The third-order valence-corrected chi connectivity index (χ3v) is 5.63. The number of furan rings is 1. The Hall–Kier alpha value is -3.62. The fourth-order valence-corrected chi connectivity index (χ4v) is 3.81. The van der Waals surface area contributed by atoms with Gasteiger partial charge in [0, 0.05) is 30.4 Å². The third-order valence-electron chi connectivity index (χ3n) is 4.50. The van der Waals surface area contributed by atoms with Crippen LogP contribution in [-0.2, 0) is 0 Å². The van der Waals surface area contributed by atoms with Crippen LogP contribution in [0.4, 0.5) is 15.8 Å². The number of anilines is 3. The lowest BCUT2D eigenvalue weighted by Crippen LogP contribution is -2.10. The van der Waals surface area contributed by atoms with E-state index in [1.54, 1.807) is 30.5 Å². The molecule has 32 heavy (non-hydrogen) atoms. The molecule has 2 aromatic carbocycles. The van der Waals surface area contributed by atoms with Gasteiger partial charge in [-0.15, -0.1) is 0 Å². The summed E-state index contributed by atoms with van der Waals surface area (Å²) in [6, 6.07) is 18.5. The van der Waals surface area contributed by atoms with E-state index < -0.39 is 0 Å². The van der Waals surface area contributed by atoms with E-state index in [0.717, 1.165) is 16.8 Å². The summed E-state index contributed by atoms with van der Waals surface area (Å²) in [5, 5.41) is 8.87. The van der Waals surface area contributed by atoms with Crippen LogP contribution in [-0.4, -0.2) is 31.2 Å². The number of carbonyl (C=O) groups is 1. The van der Waals surface area contributed by atoms with E-state index in [0.29, 0.717) is 20.8 Å². The number of amides is 1. The van der Waals surface area contributed by atoms with Gasteiger partial charge >= 0.3 is 0 Å². The van der Waals surface area contributed by atoms with Crippen molar-refractivity contribution in [3.8, 4) is 11.3 Å². The lowest BCUT2D eigenvalue weighted by Gasteiger charge is -2.11. The minimum atomic E-state index is -0.357. The Kier molecular flexibility index (Phi) is 6.53. The summed E-state index contributed by atoms with van der Waals surface area (Å²) in [5.41, 5.74) is 6.43. The monoisotopic (exact) mass is 465 g/mol. The fourth-order valence-electron chi connectivity index (χ4n) is 2.85. The normalized spacial score (nSPS) is 11.0. The average Bonchev–Trinajstić information content (AvgIpc) is 3.45. The minimum Gasteiger partial charge on any atom is -0.459 e. The van der Waals surface area contributed by atoms with Gasteiger partial charge in [0.2, 0.25) is 5.13 Å². The van der Waals surface area contributed by atoms with Crippen molar-refractivity contribution in [1.29, 1.82) is 0 Å². The highest BCUT2D eigenvalue weighted by atomic mass is 35.5. The van der Waals surface area contributed by atoms with Gasteiger partial charge in [-0.1, -0.05) is 47.2 Å². The molecule has 0 unspecified atom stereocenters. The minimum absolute atomic E-state index is 0.217. The molecule has 0 spiro atoms. The Labute approximate surface area is 194 Å². The number of hydrogen-bond donors (Lipinski definition) is 2. The Morgan fingerprint density at radius 1 is 1.12 bits per heavy atom. The number of rotatable bonds is 7. The van der Waals surface area contributed by atoms with Crippen molar-refractivity contribution >= 4 is 50.9 Å². The van der Waals surface area contributed by atoms with Gasteiger partial charge in [-0.3, -0.25) is 10.2 Å². The highest BCUT2D eigenvalue weighted by Crippen LogP contribution is 2.36. The van der Waals surface area contributed by atoms with Crippen LogP contribution in [0.3, 0.4) is 0 Å². The van der Waals surface area contributed by atoms with Crippen molar-refractivity contribution in [3.05, 3.63) is 83.3 Å². The fraction of sp³-hybridized carbons (Fsp3) is 0.0870. The zero-order valence-corrected chi connectivity index (χ0v) is 18.9. The van der Waals surface area contributed by atoms with E-state index in [9.17, 15) is 4.79 Å². The van der Waals surface area contributed by atoms with Gasteiger partial charge in [-0.05, 0) is 42.0 Å². The molecule has 0 saturated carbocycles. The quantitative estimate of drug-likeness (QED) is 0.265. The first-order chi connectivity index (χ1) is 15.5. The van der Waals surface area contributed by atoms with Crippen molar-refractivity contribution < 1.29 is 9.21 Å². The van der Waals surface area contributed by atoms with Gasteiger partial charge < -0.3 is 14.6 Å². The largest absolute Gasteiger partial charge is 0.459 e. The van der Waals surface area contributed by atoms with Crippen LogP contribution in [0.5, 0.6) is 0 Å². The van der Waals surface area contributed by atoms with Gasteiger partial charge in [0.05, 0.1) is 12.5 Å². The number of hydrazone groups is 1. The topological polar surface area (TPSA) is 82.8 Å². The van der Waals surface area contributed by atoms with Crippen LogP contribution >= 0.6 is 22.9 Å². The summed E-state index contributed by atoms with van der Waals surface area (Å²) in [5.74, 6) is -0.140. The van der Waals surface area contributed by atoms with Crippen LogP contribution in [0.1, 0.15) is 16.1 Å². The Morgan fingerprint density at radius 3 is 2.53 bits per heavy atom. The molecular weight excluding hydrogens is 446 g/mol. The first kappa shape index (κ1) is 21.6. The number of nitrogens with zero attached hydrogens (tertiary/aromatic N) is 3. The summed E-state index contributed by atoms with van der Waals surface area (Å²) in [6.45, 7) is 0. The summed E-state index contributed by atoms with van der Waals surface area (Å²) >= 11 is 7.29. The lowest BCUT2D eigenvalue weighted by atomic mass is 10.1. The predicted octanol–water partition coefficient (Wildman–Crippen LogP) is 5.82. The molecule has 2 aromatic heterocycles. The number of aromatic nitrogens is 1. The van der Waals surface area contributed by atoms with E-state index in [4.69, 9.17) is 16.0 Å². The van der Waals surface area contributed by atoms with E-state index in [-0.39, 0.29) is 11.7 Å². The number of thiazole rings is 1. The smallest absolute Gasteiger partial charge is 0.292 e. The second-order valence-corrected chi connectivity index (χ2v) is 8.43. The SMILES string of the molecule is CN(C)c1ccc(C=NNc2nc(-c3ccc(Cl)cc3)c(NC(=O)c3ccco3)s2)cc1. The van der Waals surface area contributed by atoms with Crippen molar-refractivity contribution in [2.24, 2.45) is 5.10 Å². The van der Waals surface area contributed by atoms with Crippen LogP contribution in [0.15, 0.2) is 76.4 Å². The maximum atomic E-state index is 12.5. The molecule has 4 rings (SSSR count). The molecule has 0 fully saturated rings. The first-order valence-corrected chi connectivity index (χ1v) is 10.9. The van der Waals surface area contributed by atoms with Gasteiger partial charge in [0.25, 0.3) is 5.91 Å². The highest BCUT2D eigenvalue weighted by Gasteiger charge is 2.17. The van der Waals surface area contributed by atoms with Crippen molar-refractivity contribution in [3.63, 3.8) is 0 Å². The van der Waals surface area contributed by atoms with Crippen molar-refractivity contribution in [1.82, 2.24) is 4.98 Å². The van der Waals surface area contributed by atoms with Crippen LogP contribution in [0.25, 0.3) is 11.3 Å². The van der Waals surface area contributed by atoms with E-state index >= 15 is 0 Å². The maximum absolute atomic E-state index is 12.5. The first-order valence-electron chi connectivity index (χ1n) is 9.67. The molecule has 2 heterocycles. The van der Waals surface area contributed by atoms with Crippen LogP contribution < -0.4 is 15.6 Å². The summed E-state index contributed by atoms with van der Waals surface area (Å²) in [4.78, 5) is 19.1. The second kappa shape index (κ2) is 9.67. The molecule has 7 nitrogen and oxygen atoms in total.